The number of anilines is 1. The van der Waals surface area contributed by atoms with E-state index in [0.717, 1.165) is 34.7 Å². The largest absolute Gasteiger partial charge is 0.374 e. The van der Waals surface area contributed by atoms with E-state index in [-0.39, 0.29) is 24.9 Å². The number of hydrogen-bond donors (Lipinski definition) is 3. The summed E-state index contributed by atoms with van der Waals surface area (Å²) in [6.45, 7) is 4.74. The second-order valence-electron chi connectivity index (χ2n) is 11.4. The van der Waals surface area contributed by atoms with E-state index in [2.05, 4.69) is 15.6 Å². The van der Waals surface area contributed by atoms with Gasteiger partial charge in [0.15, 0.2) is 5.82 Å². The monoisotopic (exact) mass is 582 g/mol. The molecule has 3 aromatic carbocycles. The Morgan fingerprint density at radius 3 is 2.42 bits per heavy atom. The van der Waals surface area contributed by atoms with Crippen molar-refractivity contribution >= 4 is 34.3 Å². The standard InChI is InChI=1S/C33H38N6O4/c1-33(2,34)32(42)36-27(21-43-20-23-11-4-3-5-12-23)30(40)37-28-19-39(22-35-28)29(31(41)38-17-8-9-18-38)26-16-10-14-24-13-6-7-15-25(24)26/h3-7,10-16,19,22,27,29H,8-9,17-18,20-21,34H2,1-2H3,(H,36,42)(H,37,40)/t27-,29?/m1/s1. The molecule has 1 aliphatic heterocycles. The highest BCUT2D eigenvalue weighted by Crippen LogP contribution is 2.30. The van der Waals surface area contributed by atoms with Crippen LogP contribution in [0.25, 0.3) is 10.8 Å². The lowest BCUT2D eigenvalue weighted by Crippen LogP contribution is -2.56. The van der Waals surface area contributed by atoms with Gasteiger partial charge in [0, 0.05) is 19.3 Å². The molecule has 4 aromatic rings. The molecule has 0 radical (unpaired) electrons. The fraction of sp³-hybridized carbons (Fsp3) is 0.333. The van der Waals surface area contributed by atoms with Crippen LogP contribution in [0.4, 0.5) is 5.82 Å². The molecule has 0 bridgehead atoms. The molecule has 224 valence electrons. The number of nitrogens with two attached hydrogens (primary N) is 1. The van der Waals surface area contributed by atoms with Crippen LogP contribution in [0.5, 0.6) is 0 Å². The van der Waals surface area contributed by atoms with E-state index >= 15 is 0 Å². The van der Waals surface area contributed by atoms with Crippen LogP contribution >= 0.6 is 0 Å². The molecule has 0 spiro atoms. The zero-order valence-corrected chi connectivity index (χ0v) is 24.5. The molecule has 2 heterocycles. The average molecular weight is 583 g/mol. The van der Waals surface area contributed by atoms with Gasteiger partial charge in [0.05, 0.1) is 25.1 Å². The molecule has 4 N–H and O–H groups in total. The van der Waals surface area contributed by atoms with Gasteiger partial charge in [-0.25, -0.2) is 4.98 Å². The van der Waals surface area contributed by atoms with Gasteiger partial charge in [-0.05, 0) is 48.6 Å². The Kier molecular flexibility index (Phi) is 9.18. The van der Waals surface area contributed by atoms with Crippen LogP contribution < -0.4 is 16.4 Å². The van der Waals surface area contributed by atoms with Crippen molar-refractivity contribution in [2.24, 2.45) is 5.73 Å². The lowest BCUT2D eigenvalue weighted by atomic mass is 9.97. The Hall–Kier alpha value is -4.54. The van der Waals surface area contributed by atoms with Crippen LogP contribution in [-0.2, 0) is 25.7 Å². The molecule has 0 aliphatic carbocycles. The highest BCUT2D eigenvalue weighted by molar-refractivity contribution is 5.98. The molecular formula is C33H38N6O4. The predicted molar refractivity (Wildman–Crippen MR) is 165 cm³/mol. The Morgan fingerprint density at radius 2 is 1.67 bits per heavy atom. The summed E-state index contributed by atoms with van der Waals surface area (Å²) < 4.78 is 7.53. The number of aromatic nitrogens is 2. The van der Waals surface area contributed by atoms with Crippen LogP contribution in [-0.4, -0.2) is 63.4 Å². The summed E-state index contributed by atoms with van der Waals surface area (Å²) in [5.41, 5.74) is 6.58. The molecule has 1 saturated heterocycles. The predicted octanol–water partition coefficient (Wildman–Crippen LogP) is 3.63. The number of amides is 3. The van der Waals surface area contributed by atoms with Gasteiger partial charge in [-0.1, -0.05) is 72.8 Å². The van der Waals surface area contributed by atoms with Crippen LogP contribution in [0.2, 0.25) is 0 Å². The SMILES string of the molecule is CC(C)(N)C(=O)N[C@H](COCc1ccccc1)C(=O)Nc1cn(C(C(=O)N2CCCC2)c2cccc3ccccc23)cn1. The number of rotatable bonds is 11. The third-order valence-electron chi connectivity index (χ3n) is 7.52. The quantitative estimate of drug-likeness (QED) is 0.248. The third kappa shape index (κ3) is 7.28. The Labute approximate surface area is 251 Å². The molecule has 2 atom stereocenters. The fourth-order valence-electron chi connectivity index (χ4n) is 5.17. The van der Waals surface area contributed by atoms with Crippen LogP contribution in [0.3, 0.4) is 0 Å². The lowest BCUT2D eigenvalue weighted by molar-refractivity contribution is -0.132. The van der Waals surface area contributed by atoms with Crippen molar-refractivity contribution in [1.29, 1.82) is 0 Å². The third-order valence-corrected chi connectivity index (χ3v) is 7.52. The van der Waals surface area contributed by atoms with Crippen molar-refractivity contribution in [3.63, 3.8) is 0 Å². The van der Waals surface area contributed by atoms with E-state index in [1.54, 1.807) is 30.9 Å². The van der Waals surface area contributed by atoms with E-state index in [1.807, 2.05) is 77.7 Å². The second-order valence-corrected chi connectivity index (χ2v) is 11.4. The number of nitrogens with zero attached hydrogens (tertiary/aromatic N) is 3. The first-order valence-corrected chi connectivity index (χ1v) is 14.5. The minimum Gasteiger partial charge on any atom is -0.374 e. The molecule has 10 nitrogen and oxygen atoms in total. The van der Waals surface area contributed by atoms with Crippen LogP contribution in [0.15, 0.2) is 85.3 Å². The smallest absolute Gasteiger partial charge is 0.250 e. The van der Waals surface area contributed by atoms with Crippen molar-refractivity contribution in [3.05, 3.63) is 96.4 Å². The first-order chi connectivity index (χ1) is 20.7. The van der Waals surface area contributed by atoms with Gasteiger partial charge in [-0.3, -0.25) is 14.4 Å². The maximum absolute atomic E-state index is 13.9. The van der Waals surface area contributed by atoms with E-state index in [4.69, 9.17) is 10.5 Å². The van der Waals surface area contributed by atoms with Gasteiger partial charge in [0.1, 0.15) is 12.1 Å². The first-order valence-electron chi connectivity index (χ1n) is 14.5. The Morgan fingerprint density at radius 1 is 0.977 bits per heavy atom. The summed E-state index contributed by atoms with van der Waals surface area (Å²) in [5, 5.41) is 7.49. The second kappa shape index (κ2) is 13.2. The van der Waals surface area contributed by atoms with Gasteiger partial charge >= 0.3 is 0 Å². The number of carbonyl (C=O) groups excluding carboxylic acids is 3. The highest BCUT2D eigenvalue weighted by atomic mass is 16.5. The number of carbonyl (C=O) groups is 3. The number of fused-ring (bicyclic) bond motifs is 1. The number of ether oxygens (including phenoxy) is 1. The normalized spacial score (nSPS) is 14.8. The maximum Gasteiger partial charge on any atom is 0.250 e. The van der Waals surface area contributed by atoms with E-state index < -0.39 is 29.4 Å². The topological polar surface area (TPSA) is 132 Å². The van der Waals surface area contributed by atoms with E-state index in [1.165, 1.54) is 0 Å². The zero-order chi connectivity index (χ0) is 30.4. The summed E-state index contributed by atoms with van der Waals surface area (Å²) in [6.07, 6.45) is 5.14. The molecule has 1 aromatic heterocycles. The van der Waals surface area contributed by atoms with Crippen molar-refractivity contribution in [3.8, 4) is 0 Å². The lowest BCUT2D eigenvalue weighted by Gasteiger charge is -2.25. The summed E-state index contributed by atoms with van der Waals surface area (Å²) in [7, 11) is 0. The number of likely N-dealkylation sites (tertiary alicyclic amines) is 1. The van der Waals surface area contributed by atoms with E-state index in [9.17, 15) is 14.4 Å². The molecule has 3 amide bonds. The molecular weight excluding hydrogens is 544 g/mol. The number of nitrogens with one attached hydrogen (secondary N) is 2. The Balaban J connectivity index is 1.37. The molecule has 1 aliphatic rings. The molecule has 43 heavy (non-hydrogen) atoms. The first kappa shape index (κ1) is 29.9. The minimum atomic E-state index is -1.19. The van der Waals surface area contributed by atoms with E-state index in [0.29, 0.717) is 13.1 Å². The zero-order valence-electron chi connectivity index (χ0n) is 24.5. The van der Waals surface area contributed by atoms with Gasteiger partial charge in [0.25, 0.3) is 5.91 Å². The molecule has 1 fully saturated rings. The maximum atomic E-state index is 13.9. The van der Waals surface area contributed by atoms with Crippen molar-refractivity contribution < 1.29 is 19.1 Å². The van der Waals surface area contributed by atoms with Crippen LogP contribution in [0, 0.1) is 0 Å². The average Bonchev–Trinajstić information content (AvgIpc) is 3.70. The van der Waals surface area contributed by atoms with Gasteiger partial charge < -0.3 is 30.6 Å². The van der Waals surface area contributed by atoms with Crippen molar-refractivity contribution in [1.82, 2.24) is 19.8 Å². The summed E-state index contributed by atoms with van der Waals surface area (Å²) in [6, 6.07) is 21.7. The van der Waals surface area contributed by atoms with Crippen molar-refractivity contribution in [2.75, 3.05) is 25.0 Å². The number of imidazole rings is 1. The Bertz CT molecular complexity index is 1570. The van der Waals surface area contributed by atoms with Gasteiger partial charge in [-0.2, -0.15) is 0 Å². The highest BCUT2D eigenvalue weighted by Gasteiger charge is 2.32. The van der Waals surface area contributed by atoms with Gasteiger partial charge in [0.2, 0.25) is 11.8 Å². The fourth-order valence-corrected chi connectivity index (χ4v) is 5.17. The van der Waals surface area contributed by atoms with Crippen LogP contribution in [0.1, 0.15) is 43.9 Å². The van der Waals surface area contributed by atoms with Gasteiger partial charge in [-0.15, -0.1) is 0 Å². The number of benzene rings is 3. The summed E-state index contributed by atoms with van der Waals surface area (Å²) in [4.78, 5) is 46.3. The summed E-state index contributed by atoms with van der Waals surface area (Å²) in [5.74, 6) is -0.773. The minimum absolute atomic E-state index is 0.0197. The van der Waals surface area contributed by atoms with Crippen molar-refractivity contribution in [2.45, 2.75) is 50.9 Å². The number of hydrogen-bond acceptors (Lipinski definition) is 6. The molecule has 0 saturated carbocycles. The summed E-state index contributed by atoms with van der Waals surface area (Å²) >= 11 is 0. The molecule has 10 heteroatoms. The molecule has 1 unspecified atom stereocenters. The molecule has 5 rings (SSSR count).